The Kier molecular flexibility index (Phi) is 6.97. The molecule has 3 aromatic rings. The number of nitrogens with zero attached hydrogens (tertiary/aromatic N) is 2. The number of para-hydroxylation sites is 1. The molecule has 0 fully saturated rings. The van der Waals surface area contributed by atoms with Gasteiger partial charge in [-0.2, -0.15) is 0 Å². The number of nitrogens with one attached hydrogen (secondary N) is 1. The largest absolute Gasteiger partial charge is 0.350 e. The van der Waals surface area contributed by atoms with Crippen LogP contribution in [0, 0.1) is 5.82 Å². The van der Waals surface area contributed by atoms with Crippen LogP contribution in [0.1, 0.15) is 31.6 Å². The van der Waals surface area contributed by atoms with Gasteiger partial charge in [-0.1, -0.05) is 30.3 Å². The number of anilines is 1. The van der Waals surface area contributed by atoms with Gasteiger partial charge in [-0.05, 0) is 55.4 Å². The summed E-state index contributed by atoms with van der Waals surface area (Å²) in [5.74, 6) is -0.777. The van der Waals surface area contributed by atoms with Crippen molar-refractivity contribution < 1.29 is 14.0 Å². The summed E-state index contributed by atoms with van der Waals surface area (Å²) < 4.78 is 13.6. The van der Waals surface area contributed by atoms with Gasteiger partial charge in [0, 0.05) is 13.6 Å². The highest BCUT2D eigenvalue weighted by Gasteiger charge is 2.22. The van der Waals surface area contributed by atoms with Gasteiger partial charge in [0.05, 0.1) is 22.2 Å². The van der Waals surface area contributed by atoms with Crippen molar-refractivity contribution in [3.63, 3.8) is 0 Å². The first-order valence-corrected chi connectivity index (χ1v) is 10.4. The number of benzene rings is 2. The van der Waals surface area contributed by atoms with Crippen LogP contribution in [0.5, 0.6) is 0 Å². The molecule has 1 unspecified atom stereocenters. The van der Waals surface area contributed by atoms with Gasteiger partial charge in [0.15, 0.2) is 0 Å². The first kappa shape index (κ1) is 21.7. The minimum absolute atomic E-state index is 0.170. The second-order valence-electron chi connectivity index (χ2n) is 7.10. The van der Waals surface area contributed by atoms with E-state index in [-0.39, 0.29) is 23.7 Å². The fourth-order valence-corrected chi connectivity index (χ4v) is 3.93. The van der Waals surface area contributed by atoms with E-state index in [0.717, 1.165) is 5.56 Å². The number of carbonyl (C=O) groups excluding carboxylic acids is 2. The minimum Gasteiger partial charge on any atom is -0.350 e. The monoisotopic (exact) mass is 425 g/mol. The van der Waals surface area contributed by atoms with Crippen LogP contribution in [0.25, 0.3) is 0 Å². The Balaban J connectivity index is 1.78. The fourth-order valence-electron chi connectivity index (χ4n) is 3.23. The van der Waals surface area contributed by atoms with Crippen LogP contribution in [0.4, 0.5) is 10.1 Å². The van der Waals surface area contributed by atoms with Crippen LogP contribution in [-0.2, 0) is 0 Å². The lowest BCUT2D eigenvalue weighted by Crippen LogP contribution is -2.36. The lowest BCUT2D eigenvalue weighted by Gasteiger charge is -2.26. The Morgan fingerprint density at radius 1 is 1.03 bits per heavy atom. The Hall–Kier alpha value is -3.03. The van der Waals surface area contributed by atoms with Crippen LogP contribution < -0.4 is 10.2 Å². The number of hydrogen-bond donors (Lipinski definition) is 1. The van der Waals surface area contributed by atoms with Crippen molar-refractivity contribution in [1.29, 1.82) is 0 Å². The highest BCUT2D eigenvalue weighted by atomic mass is 32.1. The highest BCUT2D eigenvalue weighted by molar-refractivity contribution is 7.12. The molecule has 1 aromatic heterocycles. The molecule has 1 atom stereocenters. The second kappa shape index (κ2) is 9.65. The third-order valence-electron chi connectivity index (χ3n) is 4.86. The zero-order chi connectivity index (χ0) is 21.7. The van der Waals surface area contributed by atoms with E-state index in [2.05, 4.69) is 5.32 Å². The molecule has 0 radical (unpaired) electrons. The van der Waals surface area contributed by atoms with Crippen molar-refractivity contribution in [2.75, 3.05) is 32.6 Å². The van der Waals surface area contributed by atoms with Crippen molar-refractivity contribution in [2.45, 2.75) is 6.04 Å². The second-order valence-corrected chi connectivity index (χ2v) is 8.05. The summed E-state index contributed by atoms with van der Waals surface area (Å²) in [5.41, 5.74) is 1.71. The predicted molar refractivity (Wildman–Crippen MR) is 119 cm³/mol. The third kappa shape index (κ3) is 4.93. The van der Waals surface area contributed by atoms with Gasteiger partial charge in [-0.25, -0.2) is 4.39 Å². The van der Waals surface area contributed by atoms with Gasteiger partial charge in [-0.15, -0.1) is 11.3 Å². The average Bonchev–Trinajstić information content (AvgIpc) is 3.27. The standard InChI is InChI=1S/C23H24FN3O2S/c1-26(2)20(16-8-6-9-17(24)14-16)15-25-22(28)18-10-4-5-11-19(18)27(3)23(29)21-12-7-13-30-21/h4-14,20H,15H2,1-3H3,(H,25,28). The molecule has 156 valence electrons. The van der Waals surface area contributed by atoms with E-state index in [0.29, 0.717) is 22.7 Å². The van der Waals surface area contributed by atoms with E-state index in [1.54, 1.807) is 43.4 Å². The van der Waals surface area contributed by atoms with E-state index >= 15 is 0 Å². The maximum absolute atomic E-state index is 13.6. The smallest absolute Gasteiger partial charge is 0.268 e. The number of thiophene rings is 1. The number of hydrogen-bond acceptors (Lipinski definition) is 4. The van der Waals surface area contributed by atoms with Gasteiger partial charge in [0.25, 0.3) is 11.8 Å². The topological polar surface area (TPSA) is 52.7 Å². The van der Waals surface area contributed by atoms with Crippen molar-refractivity contribution in [3.8, 4) is 0 Å². The maximum atomic E-state index is 13.6. The summed E-state index contributed by atoms with van der Waals surface area (Å²) in [6.45, 7) is 0.298. The summed E-state index contributed by atoms with van der Waals surface area (Å²) in [4.78, 5) is 29.7. The molecule has 0 aliphatic rings. The summed E-state index contributed by atoms with van der Waals surface area (Å²) in [5, 5.41) is 4.77. The fraction of sp³-hybridized carbons (Fsp3) is 0.217. The zero-order valence-corrected chi connectivity index (χ0v) is 17.9. The summed E-state index contributed by atoms with van der Waals surface area (Å²) >= 11 is 1.36. The van der Waals surface area contributed by atoms with Gasteiger partial charge in [-0.3, -0.25) is 9.59 Å². The Morgan fingerprint density at radius 3 is 2.47 bits per heavy atom. The molecule has 0 saturated carbocycles. The lowest BCUT2D eigenvalue weighted by atomic mass is 10.1. The molecule has 0 bridgehead atoms. The molecule has 7 heteroatoms. The van der Waals surface area contributed by atoms with E-state index in [4.69, 9.17) is 0 Å². The summed E-state index contributed by atoms with van der Waals surface area (Å²) in [6, 6.07) is 16.7. The number of halogens is 1. The first-order valence-electron chi connectivity index (χ1n) is 9.49. The van der Waals surface area contributed by atoms with Crippen molar-refractivity contribution in [3.05, 3.63) is 87.9 Å². The van der Waals surface area contributed by atoms with Crippen LogP contribution in [0.2, 0.25) is 0 Å². The molecular formula is C23H24FN3O2S. The third-order valence-corrected chi connectivity index (χ3v) is 5.72. The molecule has 0 spiro atoms. The molecule has 1 N–H and O–H groups in total. The Labute approximate surface area is 179 Å². The van der Waals surface area contributed by atoms with Crippen LogP contribution in [0.3, 0.4) is 0 Å². The van der Waals surface area contributed by atoms with E-state index in [1.165, 1.54) is 28.4 Å². The van der Waals surface area contributed by atoms with Crippen molar-refractivity contribution >= 4 is 28.8 Å². The maximum Gasteiger partial charge on any atom is 0.268 e. The van der Waals surface area contributed by atoms with E-state index < -0.39 is 0 Å². The SMILES string of the molecule is CN(C(=O)c1cccs1)c1ccccc1C(=O)NCC(c1cccc(F)c1)N(C)C. The van der Waals surface area contributed by atoms with Gasteiger partial charge >= 0.3 is 0 Å². The Morgan fingerprint density at radius 2 is 1.80 bits per heavy atom. The summed E-state index contributed by atoms with van der Waals surface area (Å²) in [6.07, 6.45) is 0. The lowest BCUT2D eigenvalue weighted by molar-refractivity contribution is 0.0942. The number of carbonyl (C=O) groups is 2. The first-order chi connectivity index (χ1) is 14.4. The molecule has 0 saturated heterocycles. The molecule has 3 rings (SSSR count). The van der Waals surface area contributed by atoms with Crippen molar-refractivity contribution in [2.24, 2.45) is 0 Å². The predicted octanol–water partition coefficient (Wildman–Crippen LogP) is 4.20. The molecule has 2 amide bonds. The van der Waals surface area contributed by atoms with Gasteiger partial charge in [0.2, 0.25) is 0 Å². The number of rotatable bonds is 7. The zero-order valence-electron chi connectivity index (χ0n) is 17.1. The van der Waals surface area contributed by atoms with E-state index in [9.17, 15) is 14.0 Å². The quantitative estimate of drug-likeness (QED) is 0.617. The van der Waals surface area contributed by atoms with Crippen LogP contribution in [-0.4, -0.2) is 44.4 Å². The van der Waals surface area contributed by atoms with Gasteiger partial charge in [0.1, 0.15) is 5.82 Å². The van der Waals surface area contributed by atoms with Crippen LogP contribution >= 0.6 is 11.3 Å². The van der Waals surface area contributed by atoms with Gasteiger partial charge < -0.3 is 15.1 Å². The number of amides is 2. The molecular weight excluding hydrogens is 401 g/mol. The molecule has 0 aliphatic heterocycles. The Bertz CT molecular complexity index is 1020. The highest BCUT2D eigenvalue weighted by Crippen LogP contribution is 2.23. The molecule has 2 aromatic carbocycles. The van der Waals surface area contributed by atoms with Crippen molar-refractivity contribution in [1.82, 2.24) is 10.2 Å². The average molecular weight is 426 g/mol. The molecule has 30 heavy (non-hydrogen) atoms. The normalized spacial score (nSPS) is 11.9. The molecule has 5 nitrogen and oxygen atoms in total. The molecule has 1 heterocycles. The number of likely N-dealkylation sites (N-methyl/N-ethyl adjacent to an activating group) is 1. The van der Waals surface area contributed by atoms with E-state index in [1.807, 2.05) is 36.5 Å². The minimum atomic E-state index is -0.315. The van der Waals surface area contributed by atoms with Crippen LogP contribution in [0.15, 0.2) is 66.0 Å². The molecule has 0 aliphatic carbocycles. The summed E-state index contributed by atoms with van der Waals surface area (Å²) in [7, 11) is 5.41.